The Morgan fingerprint density at radius 2 is 1.67 bits per heavy atom. The number of carbonyl (C=O) groups is 2. The zero-order valence-corrected chi connectivity index (χ0v) is 19.9. The molecule has 3 rings (SSSR count). The molecule has 0 heterocycles. The van der Waals surface area contributed by atoms with Gasteiger partial charge in [0.15, 0.2) is 0 Å². The van der Waals surface area contributed by atoms with Crippen LogP contribution in [0.25, 0.3) is 0 Å². The van der Waals surface area contributed by atoms with Gasteiger partial charge in [-0.15, -0.1) is 11.8 Å². The molecular weight excluding hydrogens is 459 g/mol. The molecule has 1 unspecified atom stereocenters. The van der Waals surface area contributed by atoms with Gasteiger partial charge in [0.25, 0.3) is 0 Å². The molecule has 0 fully saturated rings. The summed E-state index contributed by atoms with van der Waals surface area (Å²) in [4.78, 5) is 28.8. The minimum Gasteiger partial charge on any atom is -0.355 e. The van der Waals surface area contributed by atoms with E-state index >= 15 is 0 Å². The van der Waals surface area contributed by atoms with Gasteiger partial charge in [-0.3, -0.25) is 9.59 Å². The largest absolute Gasteiger partial charge is 0.355 e. The predicted octanol–water partition coefficient (Wildman–Crippen LogP) is 5.35. The molecular formula is C26H26ClFN2O2S. The normalized spacial score (nSPS) is 11.6. The van der Waals surface area contributed by atoms with Crippen molar-refractivity contribution in [3.63, 3.8) is 0 Å². The summed E-state index contributed by atoms with van der Waals surface area (Å²) in [5.74, 6) is -0.802. The monoisotopic (exact) mass is 484 g/mol. The van der Waals surface area contributed by atoms with Gasteiger partial charge in [0.2, 0.25) is 11.8 Å². The summed E-state index contributed by atoms with van der Waals surface area (Å²) in [6.07, 6.45) is 0.332. The standard InChI is InChI=1S/C26H26ClFN2O2S/c1-2-29-26(32)24(16-19-8-4-3-5-9-19)30(17-20-10-6-7-11-23(20)28)25(31)18-33-22-14-12-21(27)13-15-22/h3-15,24H,2,16-18H2,1H3,(H,29,32). The third kappa shape index (κ3) is 7.34. The van der Waals surface area contributed by atoms with Gasteiger partial charge in [-0.1, -0.05) is 60.1 Å². The van der Waals surface area contributed by atoms with Gasteiger partial charge in [0.1, 0.15) is 11.9 Å². The third-order valence-electron chi connectivity index (χ3n) is 5.10. The highest BCUT2D eigenvalue weighted by Crippen LogP contribution is 2.23. The van der Waals surface area contributed by atoms with E-state index in [0.29, 0.717) is 23.6 Å². The van der Waals surface area contributed by atoms with Crippen molar-refractivity contribution in [2.24, 2.45) is 0 Å². The first-order chi connectivity index (χ1) is 16.0. The molecule has 3 aromatic rings. The van der Waals surface area contributed by atoms with Gasteiger partial charge in [-0.25, -0.2) is 4.39 Å². The smallest absolute Gasteiger partial charge is 0.243 e. The van der Waals surface area contributed by atoms with Gasteiger partial charge in [-0.2, -0.15) is 0 Å². The van der Waals surface area contributed by atoms with Crippen LogP contribution in [-0.4, -0.2) is 35.1 Å². The number of amides is 2. The molecule has 0 radical (unpaired) electrons. The van der Waals surface area contributed by atoms with Crippen molar-refractivity contribution in [2.75, 3.05) is 12.3 Å². The lowest BCUT2D eigenvalue weighted by Crippen LogP contribution is -2.51. The van der Waals surface area contributed by atoms with Gasteiger partial charge < -0.3 is 10.2 Å². The van der Waals surface area contributed by atoms with Crippen molar-refractivity contribution in [1.82, 2.24) is 10.2 Å². The summed E-state index contributed by atoms with van der Waals surface area (Å²) in [6, 6.07) is 22.3. The van der Waals surface area contributed by atoms with E-state index < -0.39 is 11.9 Å². The van der Waals surface area contributed by atoms with Crippen LogP contribution in [0.2, 0.25) is 5.02 Å². The van der Waals surface area contributed by atoms with Crippen molar-refractivity contribution in [1.29, 1.82) is 0 Å². The SMILES string of the molecule is CCNC(=O)C(Cc1ccccc1)N(Cc1ccccc1F)C(=O)CSc1ccc(Cl)cc1. The number of nitrogens with one attached hydrogen (secondary N) is 1. The zero-order valence-electron chi connectivity index (χ0n) is 18.3. The Morgan fingerprint density at radius 1 is 1.00 bits per heavy atom. The quantitative estimate of drug-likeness (QED) is 0.395. The number of thioether (sulfide) groups is 1. The van der Waals surface area contributed by atoms with E-state index in [1.165, 1.54) is 22.7 Å². The van der Waals surface area contributed by atoms with Crippen LogP contribution in [-0.2, 0) is 22.6 Å². The molecule has 0 bridgehead atoms. The maximum absolute atomic E-state index is 14.5. The average Bonchev–Trinajstić information content (AvgIpc) is 2.82. The summed E-state index contributed by atoms with van der Waals surface area (Å²) in [6.45, 7) is 2.27. The summed E-state index contributed by atoms with van der Waals surface area (Å²) >= 11 is 7.30. The van der Waals surface area contributed by atoms with Crippen molar-refractivity contribution in [3.8, 4) is 0 Å². The molecule has 0 saturated carbocycles. The molecule has 7 heteroatoms. The second kappa shape index (κ2) is 12.4. The topological polar surface area (TPSA) is 49.4 Å². The molecule has 0 aromatic heterocycles. The lowest BCUT2D eigenvalue weighted by molar-refractivity contribution is -0.139. The lowest BCUT2D eigenvalue weighted by Gasteiger charge is -2.31. The van der Waals surface area contributed by atoms with Crippen LogP contribution < -0.4 is 5.32 Å². The van der Waals surface area contributed by atoms with Gasteiger partial charge in [-0.05, 0) is 42.8 Å². The molecule has 0 aliphatic heterocycles. The highest BCUT2D eigenvalue weighted by Gasteiger charge is 2.30. The molecule has 4 nitrogen and oxygen atoms in total. The Kier molecular flexibility index (Phi) is 9.34. The van der Waals surface area contributed by atoms with Crippen molar-refractivity contribution < 1.29 is 14.0 Å². The fraction of sp³-hybridized carbons (Fsp3) is 0.231. The summed E-state index contributed by atoms with van der Waals surface area (Å²) in [5, 5.41) is 3.45. The molecule has 0 aliphatic rings. The minimum absolute atomic E-state index is 0.00131. The van der Waals surface area contributed by atoms with E-state index in [4.69, 9.17) is 11.6 Å². The number of benzene rings is 3. The molecule has 33 heavy (non-hydrogen) atoms. The number of carbonyl (C=O) groups excluding carboxylic acids is 2. The van der Waals surface area contributed by atoms with Crippen LogP contribution in [0.15, 0.2) is 83.8 Å². The third-order valence-corrected chi connectivity index (χ3v) is 6.35. The number of nitrogens with zero attached hydrogens (tertiary/aromatic N) is 1. The molecule has 1 N–H and O–H groups in total. The first kappa shape index (κ1) is 24.8. The first-order valence-electron chi connectivity index (χ1n) is 10.7. The molecule has 172 valence electrons. The van der Waals surface area contributed by atoms with Crippen LogP contribution in [0.3, 0.4) is 0 Å². The highest BCUT2D eigenvalue weighted by molar-refractivity contribution is 8.00. The molecule has 0 spiro atoms. The maximum atomic E-state index is 14.5. The average molecular weight is 485 g/mol. The fourth-order valence-electron chi connectivity index (χ4n) is 3.41. The first-order valence-corrected chi connectivity index (χ1v) is 12.1. The fourth-order valence-corrected chi connectivity index (χ4v) is 4.33. The predicted molar refractivity (Wildman–Crippen MR) is 132 cm³/mol. The van der Waals surface area contributed by atoms with Gasteiger partial charge >= 0.3 is 0 Å². The molecule has 3 aromatic carbocycles. The number of halogens is 2. The van der Waals surface area contributed by atoms with Crippen molar-refractivity contribution >= 4 is 35.2 Å². The number of likely N-dealkylation sites (N-methyl/N-ethyl adjacent to an activating group) is 1. The van der Waals surface area contributed by atoms with E-state index in [0.717, 1.165) is 10.5 Å². The zero-order chi connectivity index (χ0) is 23.6. The summed E-state index contributed by atoms with van der Waals surface area (Å²) in [7, 11) is 0. The van der Waals surface area contributed by atoms with E-state index in [-0.39, 0.29) is 24.1 Å². The minimum atomic E-state index is -0.773. The van der Waals surface area contributed by atoms with Crippen molar-refractivity contribution in [2.45, 2.75) is 30.8 Å². The maximum Gasteiger partial charge on any atom is 0.243 e. The Morgan fingerprint density at radius 3 is 2.33 bits per heavy atom. The van der Waals surface area contributed by atoms with Crippen molar-refractivity contribution in [3.05, 3.63) is 101 Å². The Labute approximate surface area is 203 Å². The molecule has 0 saturated heterocycles. The van der Waals surface area contributed by atoms with E-state index in [2.05, 4.69) is 5.32 Å². The summed E-state index contributed by atoms with van der Waals surface area (Å²) < 4.78 is 14.5. The Balaban J connectivity index is 1.89. The van der Waals surface area contributed by atoms with E-state index in [1.807, 2.05) is 49.4 Å². The highest BCUT2D eigenvalue weighted by atomic mass is 35.5. The number of rotatable bonds is 10. The van der Waals surface area contributed by atoms with Crippen LogP contribution in [0.4, 0.5) is 4.39 Å². The molecule has 0 aliphatic carbocycles. The van der Waals surface area contributed by atoms with Crippen LogP contribution in [0.1, 0.15) is 18.1 Å². The second-order valence-corrected chi connectivity index (χ2v) is 8.94. The number of hydrogen-bond acceptors (Lipinski definition) is 3. The second-order valence-electron chi connectivity index (χ2n) is 7.46. The number of hydrogen-bond donors (Lipinski definition) is 1. The Hall–Kier alpha value is -2.83. The van der Waals surface area contributed by atoms with E-state index in [9.17, 15) is 14.0 Å². The Bertz CT molecular complexity index is 1060. The van der Waals surface area contributed by atoms with Gasteiger partial charge in [0.05, 0.1) is 5.75 Å². The van der Waals surface area contributed by atoms with E-state index in [1.54, 1.807) is 30.3 Å². The summed E-state index contributed by atoms with van der Waals surface area (Å²) in [5.41, 5.74) is 1.29. The van der Waals surface area contributed by atoms with Crippen LogP contribution >= 0.6 is 23.4 Å². The van der Waals surface area contributed by atoms with Crippen LogP contribution in [0, 0.1) is 5.82 Å². The molecule has 2 amide bonds. The van der Waals surface area contributed by atoms with Crippen LogP contribution in [0.5, 0.6) is 0 Å². The molecule has 1 atom stereocenters. The van der Waals surface area contributed by atoms with Gasteiger partial charge in [0, 0.05) is 35.0 Å². The lowest BCUT2D eigenvalue weighted by atomic mass is 10.0.